The highest BCUT2D eigenvalue weighted by atomic mass is 16.3. The standard InChI is InChI=1S/C15H24N2O/c1-12-7-13(2)9-14(8-12)17-6-5-15(10-17,11-18)16(3)4/h7-9,18H,5-6,10-11H2,1-4H3. The summed E-state index contributed by atoms with van der Waals surface area (Å²) in [5, 5.41) is 9.69. The van der Waals surface area contributed by atoms with E-state index < -0.39 is 0 Å². The molecule has 0 aromatic heterocycles. The Morgan fingerprint density at radius 3 is 2.28 bits per heavy atom. The Balaban J connectivity index is 2.22. The van der Waals surface area contributed by atoms with Crippen LogP contribution in [0.4, 0.5) is 5.69 Å². The zero-order valence-corrected chi connectivity index (χ0v) is 11.9. The second-order valence-electron chi connectivity index (χ2n) is 5.79. The third kappa shape index (κ3) is 2.38. The van der Waals surface area contributed by atoms with E-state index in [1.54, 1.807) is 0 Å². The lowest BCUT2D eigenvalue weighted by Crippen LogP contribution is -2.49. The molecule has 3 nitrogen and oxygen atoms in total. The van der Waals surface area contributed by atoms with E-state index >= 15 is 0 Å². The number of rotatable bonds is 3. The normalized spacial score (nSPS) is 24.0. The van der Waals surface area contributed by atoms with Crippen molar-refractivity contribution in [2.75, 3.05) is 38.7 Å². The van der Waals surface area contributed by atoms with E-state index in [1.165, 1.54) is 16.8 Å². The van der Waals surface area contributed by atoms with Gasteiger partial charge in [-0.3, -0.25) is 4.90 Å². The van der Waals surface area contributed by atoms with Gasteiger partial charge in [-0.15, -0.1) is 0 Å². The van der Waals surface area contributed by atoms with E-state index in [0.717, 1.165) is 19.5 Å². The molecule has 1 unspecified atom stereocenters. The zero-order chi connectivity index (χ0) is 13.3. The van der Waals surface area contributed by atoms with Crippen LogP contribution in [0.2, 0.25) is 0 Å². The lowest BCUT2D eigenvalue weighted by Gasteiger charge is -2.34. The average Bonchev–Trinajstić information content (AvgIpc) is 2.73. The van der Waals surface area contributed by atoms with Crippen molar-refractivity contribution < 1.29 is 5.11 Å². The van der Waals surface area contributed by atoms with Crippen molar-refractivity contribution in [2.45, 2.75) is 25.8 Å². The largest absolute Gasteiger partial charge is 0.394 e. The van der Waals surface area contributed by atoms with Crippen molar-refractivity contribution in [1.82, 2.24) is 4.90 Å². The fraction of sp³-hybridized carbons (Fsp3) is 0.600. The average molecular weight is 248 g/mol. The van der Waals surface area contributed by atoms with Gasteiger partial charge in [-0.2, -0.15) is 0 Å². The van der Waals surface area contributed by atoms with Gasteiger partial charge in [0.25, 0.3) is 0 Å². The summed E-state index contributed by atoms with van der Waals surface area (Å²) < 4.78 is 0. The molecule has 1 aromatic rings. The summed E-state index contributed by atoms with van der Waals surface area (Å²) in [4.78, 5) is 4.55. The highest BCUT2D eigenvalue weighted by Gasteiger charge is 2.39. The molecule has 0 amide bonds. The molecule has 1 aromatic carbocycles. The fourth-order valence-corrected chi connectivity index (χ4v) is 2.85. The van der Waals surface area contributed by atoms with Crippen LogP contribution in [0.15, 0.2) is 18.2 Å². The van der Waals surface area contributed by atoms with Gasteiger partial charge in [0.2, 0.25) is 0 Å². The van der Waals surface area contributed by atoms with Gasteiger partial charge in [0.1, 0.15) is 0 Å². The van der Waals surface area contributed by atoms with E-state index in [-0.39, 0.29) is 12.1 Å². The van der Waals surface area contributed by atoms with Crippen molar-refractivity contribution >= 4 is 5.69 Å². The first kappa shape index (κ1) is 13.4. The van der Waals surface area contributed by atoms with Crippen LogP contribution in [0, 0.1) is 13.8 Å². The maximum atomic E-state index is 9.69. The Bertz CT molecular complexity index is 410. The third-order valence-electron chi connectivity index (χ3n) is 4.15. The number of aryl methyl sites for hydroxylation is 2. The number of hydrogen-bond acceptors (Lipinski definition) is 3. The first-order valence-electron chi connectivity index (χ1n) is 6.58. The molecular formula is C15H24N2O. The predicted octanol–water partition coefficient (Wildman–Crippen LogP) is 1.81. The lowest BCUT2D eigenvalue weighted by atomic mass is 9.98. The molecule has 0 aliphatic carbocycles. The number of aliphatic hydroxyl groups excluding tert-OH is 1. The third-order valence-corrected chi connectivity index (χ3v) is 4.15. The topological polar surface area (TPSA) is 26.7 Å². The number of nitrogens with zero attached hydrogens (tertiary/aromatic N) is 2. The minimum absolute atomic E-state index is 0.0857. The van der Waals surface area contributed by atoms with Gasteiger partial charge in [-0.05, 0) is 57.6 Å². The van der Waals surface area contributed by atoms with Gasteiger partial charge >= 0.3 is 0 Å². The highest BCUT2D eigenvalue weighted by molar-refractivity contribution is 5.52. The molecule has 2 rings (SSSR count). The van der Waals surface area contributed by atoms with Crippen LogP contribution in [-0.4, -0.2) is 49.3 Å². The first-order valence-corrected chi connectivity index (χ1v) is 6.58. The molecule has 1 atom stereocenters. The summed E-state index contributed by atoms with van der Waals surface area (Å²) >= 11 is 0. The number of anilines is 1. The minimum Gasteiger partial charge on any atom is -0.394 e. The fourth-order valence-electron chi connectivity index (χ4n) is 2.85. The van der Waals surface area contributed by atoms with E-state index in [2.05, 4.69) is 55.9 Å². The smallest absolute Gasteiger partial charge is 0.0633 e. The molecule has 1 aliphatic rings. The van der Waals surface area contributed by atoms with Gasteiger partial charge in [0, 0.05) is 18.8 Å². The minimum atomic E-state index is -0.0857. The van der Waals surface area contributed by atoms with Crippen LogP contribution in [0.5, 0.6) is 0 Å². The number of hydrogen-bond donors (Lipinski definition) is 1. The molecule has 1 aliphatic heterocycles. The number of benzene rings is 1. The van der Waals surface area contributed by atoms with Gasteiger partial charge < -0.3 is 10.0 Å². The molecule has 1 heterocycles. The summed E-state index contributed by atoms with van der Waals surface area (Å²) in [5.74, 6) is 0. The summed E-state index contributed by atoms with van der Waals surface area (Å²) in [7, 11) is 4.11. The van der Waals surface area contributed by atoms with Crippen LogP contribution in [0.25, 0.3) is 0 Å². The molecule has 0 bridgehead atoms. The molecular weight excluding hydrogens is 224 g/mol. The van der Waals surface area contributed by atoms with Crippen molar-refractivity contribution in [3.8, 4) is 0 Å². The number of likely N-dealkylation sites (N-methyl/N-ethyl adjacent to an activating group) is 1. The monoisotopic (exact) mass is 248 g/mol. The van der Waals surface area contributed by atoms with Crippen LogP contribution in [-0.2, 0) is 0 Å². The SMILES string of the molecule is Cc1cc(C)cc(N2CCC(CO)(N(C)C)C2)c1. The predicted molar refractivity (Wildman–Crippen MR) is 76.2 cm³/mol. The maximum absolute atomic E-state index is 9.69. The molecule has 0 saturated carbocycles. The molecule has 0 radical (unpaired) electrons. The van der Waals surface area contributed by atoms with E-state index in [0.29, 0.717) is 0 Å². The molecule has 100 valence electrons. The molecule has 1 fully saturated rings. The van der Waals surface area contributed by atoms with Gasteiger partial charge in [-0.1, -0.05) is 6.07 Å². The summed E-state index contributed by atoms with van der Waals surface area (Å²) in [5.41, 5.74) is 3.80. The van der Waals surface area contributed by atoms with E-state index in [1.807, 2.05) is 0 Å². The van der Waals surface area contributed by atoms with Crippen LogP contribution in [0.3, 0.4) is 0 Å². The van der Waals surface area contributed by atoms with Crippen molar-refractivity contribution in [2.24, 2.45) is 0 Å². The summed E-state index contributed by atoms with van der Waals surface area (Å²) in [6, 6.07) is 6.66. The quantitative estimate of drug-likeness (QED) is 0.883. The summed E-state index contributed by atoms with van der Waals surface area (Å²) in [6.45, 7) is 6.41. The van der Waals surface area contributed by atoms with Crippen molar-refractivity contribution in [3.63, 3.8) is 0 Å². The Morgan fingerprint density at radius 2 is 1.83 bits per heavy atom. The molecule has 18 heavy (non-hydrogen) atoms. The molecule has 1 saturated heterocycles. The van der Waals surface area contributed by atoms with Gasteiger partial charge in [0.15, 0.2) is 0 Å². The maximum Gasteiger partial charge on any atom is 0.0633 e. The Hall–Kier alpha value is -1.06. The molecule has 3 heteroatoms. The van der Waals surface area contributed by atoms with E-state index in [9.17, 15) is 5.11 Å². The Labute approximate surface area is 110 Å². The van der Waals surface area contributed by atoms with Crippen molar-refractivity contribution in [3.05, 3.63) is 29.3 Å². The highest BCUT2D eigenvalue weighted by Crippen LogP contribution is 2.30. The summed E-state index contributed by atoms with van der Waals surface area (Å²) in [6.07, 6.45) is 1.02. The Morgan fingerprint density at radius 1 is 1.22 bits per heavy atom. The van der Waals surface area contributed by atoms with Gasteiger partial charge in [-0.25, -0.2) is 0 Å². The zero-order valence-electron chi connectivity index (χ0n) is 11.9. The Kier molecular flexibility index (Phi) is 3.64. The van der Waals surface area contributed by atoms with Crippen molar-refractivity contribution in [1.29, 1.82) is 0 Å². The molecule has 0 spiro atoms. The first-order chi connectivity index (χ1) is 8.47. The second kappa shape index (κ2) is 4.90. The van der Waals surface area contributed by atoms with E-state index in [4.69, 9.17) is 0 Å². The number of aliphatic hydroxyl groups is 1. The lowest BCUT2D eigenvalue weighted by molar-refractivity contribution is 0.0867. The van der Waals surface area contributed by atoms with Gasteiger partial charge in [0.05, 0.1) is 12.1 Å². The second-order valence-corrected chi connectivity index (χ2v) is 5.79. The van der Waals surface area contributed by atoms with Crippen LogP contribution in [0.1, 0.15) is 17.5 Å². The molecule has 1 N–H and O–H groups in total. The van der Waals surface area contributed by atoms with Crippen LogP contribution < -0.4 is 4.90 Å². The van der Waals surface area contributed by atoms with Crippen LogP contribution >= 0.6 is 0 Å².